The summed E-state index contributed by atoms with van der Waals surface area (Å²) >= 11 is 0. The molecule has 0 radical (unpaired) electrons. The molecule has 7 heteroatoms. The molecule has 2 N–H and O–H groups in total. The van der Waals surface area contributed by atoms with Gasteiger partial charge in [-0.2, -0.15) is 0 Å². The van der Waals surface area contributed by atoms with E-state index >= 15 is 0 Å². The average molecular weight is 439 g/mol. The van der Waals surface area contributed by atoms with Gasteiger partial charge in [-0.3, -0.25) is 24.6 Å². The minimum Gasteiger partial charge on any atom is -0.480 e. The molecule has 3 rings (SSSR count). The molecule has 0 spiro atoms. The van der Waals surface area contributed by atoms with Crippen LogP contribution in [0.4, 0.5) is 5.69 Å². The second-order valence-corrected chi connectivity index (χ2v) is 7.89. The van der Waals surface area contributed by atoms with Gasteiger partial charge in [0.05, 0.1) is 12.6 Å². The summed E-state index contributed by atoms with van der Waals surface area (Å²) in [4.78, 5) is 38.9. The van der Waals surface area contributed by atoms with Crippen LogP contribution in [0.15, 0.2) is 54.6 Å². The molecule has 7 nitrogen and oxygen atoms in total. The zero-order chi connectivity index (χ0) is 22.9. The fourth-order valence-electron chi connectivity index (χ4n) is 4.08. The highest BCUT2D eigenvalue weighted by Crippen LogP contribution is 2.26. The van der Waals surface area contributed by atoms with Gasteiger partial charge >= 0.3 is 11.9 Å². The summed E-state index contributed by atoms with van der Waals surface area (Å²) in [6, 6.07) is 15.9. The van der Waals surface area contributed by atoms with Gasteiger partial charge in [-0.1, -0.05) is 48.5 Å². The molecule has 0 fully saturated rings. The van der Waals surface area contributed by atoms with Gasteiger partial charge in [-0.25, -0.2) is 0 Å². The van der Waals surface area contributed by atoms with Gasteiger partial charge in [-0.15, -0.1) is 0 Å². The number of aliphatic carboxylic acids is 1. The maximum atomic E-state index is 13.4. The van der Waals surface area contributed by atoms with Crippen molar-refractivity contribution in [2.75, 3.05) is 18.1 Å². The minimum atomic E-state index is -1.08. The number of fused-ring (bicyclic) bond motifs is 1. The lowest BCUT2D eigenvalue weighted by Gasteiger charge is -2.32. The number of carbonyl (C=O) groups excluding carboxylic acids is 2. The van der Waals surface area contributed by atoms with Crippen molar-refractivity contribution in [3.8, 4) is 0 Å². The summed E-state index contributed by atoms with van der Waals surface area (Å²) < 4.78 is 5.25. The first kappa shape index (κ1) is 23.5. The summed E-state index contributed by atoms with van der Waals surface area (Å²) in [6.07, 6.45) is 3.11. The van der Waals surface area contributed by atoms with E-state index in [0.717, 1.165) is 24.0 Å². The second kappa shape index (κ2) is 11.4. The summed E-state index contributed by atoms with van der Waals surface area (Å²) in [5.74, 6) is -1.82. The summed E-state index contributed by atoms with van der Waals surface area (Å²) in [5, 5.41) is 12.6. The summed E-state index contributed by atoms with van der Waals surface area (Å²) in [5.41, 5.74) is 2.66. The molecule has 0 bridgehead atoms. The van der Waals surface area contributed by atoms with E-state index in [1.807, 2.05) is 42.5 Å². The molecule has 0 unspecified atom stereocenters. The second-order valence-electron chi connectivity index (χ2n) is 7.89. The Labute approximate surface area is 188 Å². The maximum Gasteiger partial charge on any atom is 0.323 e. The molecule has 32 heavy (non-hydrogen) atoms. The number of amides is 1. The van der Waals surface area contributed by atoms with Crippen LogP contribution in [0, 0.1) is 0 Å². The molecule has 0 saturated carbocycles. The number of nitrogens with zero attached hydrogens (tertiary/aromatic N) is 1. The van der Waals surface area contributed by atoms with Crippen molar-refractivity contribution in [1.29, 1.82) is 0 Å². The number of hydrogen-bond donors (Lipinski definition) is 2. The Bertz CT molecular complexity index is 931. The van der Waals surface area contributed by atoms with Crippen molar-refractivity contribution < 1.29 is 24.2 Å². The zero-order valence-electron chi connectivity index (χ0n) is 18.3. The third-order valence-electron chi connectivity index (χ3n) is 5.62. The predicted octanol–water partition coefficient (Wildman–Crippen LogP) is 2.96. The number of carbonyl (C=O) groups is 3. The lowest BCUT2D eigenvalue weighted by atomic mass is 9.97. The number of carboxylic acids is 1. The van der Waals surface area contributed by atoms with E-state index in [-0.39, 0.29) is 12.5 Å². The van der Waals surface area contributed by atoms with Crippen LogP contribution in [-0.2, 0) is 32.0 Å². The molecule has 1 aliphatic heterocycles. The van der Waals surface area contributed by atoms with E-state index in [0.29, 0.717) is 24.9 Å². The van der Waals surface area contributed by atoms with Crippen LogP contribution < -0.4 is 10.2 Å². The average Bonchev–Trinajstić information content (AvgIpc) is 2.79. The van der Waals surface area contributed by atoms with E-state index < -0.39 is 30.6 Å². The Morgan fingerprint density at radius 2 is 1.88 bits per heavy atom. The lowest BCUT2D eigenvalue weighted by Crippen LogP contribution is -2.54. The minimum absolute atomic E-state index is 0.249. The number of benzene rings is 2. The number of anilines is 1. The van der Waals surface area contributed by atoms with E-state index in [1.165, 1.54) is 4.90 Å². The van der Waals surface area contributed by atoms with Crippen LogP contribution >= 0.6 is 0 Å². The Morgan fingerprint density at radius 1 is 1.16 bits per heavy atom. The summed E-state index contributed by atoms with van der Waals surface area (Å²) in [7, 11) is 0. The van der Waals surface area contributed by atoms with Gasteiger partial charge in [0.15, 0.2) is 0 Å². The normalized spacial score (nSPS) is 17.1. The number of hydrogen-bond acceptors (Lipinski definition) is 5. The van der Waals surface area contributed by atoms with Crippen LogP contribution in [-0.4, -0.2) is 48.2 Å². The Kier molecular flexibility index (Phi) is 8.39. The highest BCUT2D eigenvalue weighted by Gasteiger charge is 2.33. The van der Waals surface area contributed by atoms with Gasteiger partial charge < -0.3 is 9.84 Å². The van der Waals surface area contributed by atoms with Crippen LogP contribution in [0.5, 0.6) is 0 Å². The fourth-order valence-corrected chi connectivity index (χ4v) is 4.08. The smallest absolute Gasteiger partial charge is 0.323 e. The molecular formula is C25H30N2O5. The topological polar surface area (TPSA) is 95.9 Å². The van der Waals surface area contributed by atoms with Gasteiger partial charge in [0.1, 0.15) is 12.6 Å². The fraction of sp³-hybridized carbons (Fsp3) is 0.400. The van der Waals surface area contributed by atoms with E-state index in [9.17, 15) is 19.5 Å². The van der Waals surface area contributed by atoms with Crippen molar-refractivity contribution in [1.82, 2.24) is 5.32 Å². The number of nitrogens with one attached hydrogen (secondary N) is 1. The Hall–Kier alpha value is -3.19. The monoisotopic (exact) mass is 438 g/mol. The standard InChI is InChI=1S/C25H30N2O5/c1-2-32-25(31)21(16-15-18-9-4-3-5-10-18)26-20-13-8-12-19-11-6-7-14-22(19)27(24(20)30)17-23(28)29/h3-7,9-11,14,20-21,26H,2,8,12-13,15-17H2,1H3,(H,28,29)/t20-,21+/m1/s1. The predicted molar refractivity (Wildman–Crippen MR) is 121 cm³/mol. The molecule has 2 aromatic carbocycles. The first-order valence-electron chi connectivity index (χ1n) is 11.1. The molecule has 2 aromatic rings. The molecule has 0 aliphatic carbocycles. The number of esters is 1. The first-order chi connectivity index (χ1) is 15.5. The highest BCUT2D eigenvalue weighted by atomic mass is 16.5. The van der Waals surface area contributed by atoms with E-state index in [4.69, 9.17) is 4.74 Å². The van der Waals surface area contributed by atoms with E-state index in [1.54, 1.807) is 19.1 Å². The third kappa shape index (κ3) is 6.17. The van der Waals surface area contributed by atoms with Crippen LogP contribution in [0.25, 0.3) is 0 Å². The van der Waals surface area contributed by atoms with Crippen molar-refractivity contribution in [2.24, 2.45) is 0 Å². The van der Waals surface area contributed by atoms with Crippen molar-refractivity contribution in [2.45, 2.75) is 51.1 Å². The Balaban J connectivity index is 1.81. The van der Waals surface area contributed by atoms with Crippen molar-refractivity contribution in [3.63, 3.8) is 0 Å². The number of ether oxygens (including phenoxy) is 1. The Morgan fingerprint density at radius 3 is 2.59 bits per heavy atom. The maximum absolute atomic E-state index is 13.4. The molecule has 0 saturated heterocycles. The van der Waals surface area contributed by atoms with Crippen molar-refractivity contribution in [3.05, 3.63) is 65.7 Å². The molecule has 0 aromatic heterocycles. The van der Waals surface area contributed by atoms with Gasteiger partial charge in [0, 0.05) is 5.69 Å². The van der Waals surface area contributed by atoms with E-state index in [2.05, 4.69) is 5.32 Å². The molecule has 1 aliphatic rings. The number of carboxylic acid groups (broad SMARTS) is 1. The lowest BCUT2D eigenvalue weighted by molar-refractivity contribution is -0.146. The van der Waals surface area contributed by atoms with Gasteiger partial charge in [0.2, 0.25) is 5.91 Å². The quantitative estimate of drug-likeness (QED) is 0.585. The largest absolute Gasteiger partial charge is 0.480 e. The highest BCUT2D eigenvalue weighted by molar-refractivity contribution is 6.01. The molecule has 2 atom stereocenters. The van der Waals surface area contributed by atoms with Crippen molar-refractivity contribution >= 4 is 23.5 Å². The molecular weight excluding hydrogens is 408 g/mol. The number of aryl methyl sites for hydroxylation is 2. The molecule has 1 amide bonds. The summed E-state index contributed by atoms with van der Waals surface area (Å²) in [6.45, 7) is 1.57. The van der Waals surface area contributed by atoms with Gasteiger partial charge in [0.25, 0.3) is 0 Å². The SMILES string of the molecule is CCOC(=O)[C@H](CCc1ccccc1)N[C@@H]1CCCc2ccccc2N(CC(=O)O)C1=O. The van der Waals surface area contributed by atoms with Crippen LogP contribution in [0.3, 0.4) is 0 Å². The molecule has 1 heterocycles. The molecule has 170 valence electrons. The number of para-hydroxylation sites is 1. The third-order valence-corrected chi connectivity index (χ3v) is 5.62. The van der Waals surface area contributed by atoms with Crippen LogP contribution in [0.2, 0.25) is 0 Å². The number of rotatable bonds is 9. The zero-order valence-corrected chi connectivity index (χ0v) is 18.3. The van der Waals surface area contributed by atoms with Crippen LogP contribution in [0.1, 0.15) is 37.3 Å². The first-order valence-corrected chi connectivity index (χ1v) is 11.1. The van der Waals surface area contributed by atoms with Gasteiger partial charge in [-0.05, 0) is 56.2 Å².